The molecular formula is C22H27ClO4. The van der Waals surface area contributed by atoms with Gasteiger partial charge in [-0.1, -0.05) is 35.9 Å². The molecule has 0 spiro atoms. The lowest BCUT2D eigenvalue weighted by molar-refractivity contribution is -0.153. The van der Waals surface area contributed by atoms with Gasteiger partial charge in [0.1, 0.15) is 18.0 Å². The summed E-state index contributed by atoms with van der Waals surface area (Å²) in [6, 6.07) is 13.2. The second-order valence-electron chi connectivity index (χ2n) is 7.45. The van der Waals surface area contributed by atoms with Crippen LogP contribution in [-0.2, 0) is 29.0 Å². The number of carbonyl (C=O) groups is 1. The second kappa shape index (κ2) is 9.77. The summed E-state index contributed by atoms with van der Waals surface area (Å²) in [7, 11) is 0. The summed E-state index contributed by atoms with van der Waals surface area (Å²) >= 11 is 6.19. The fourth-order valence-corrected chi connectivity index (χ4v) is 2.99. The van der Waals surface area contributed by atoms with Crippen LogP contribution < -0.4 is 4.74 Å². The molecule has 0 aliphatic carbocycles. The van der Waals surface area contributed by atoms with Crippen molar-refractivity contribution in [3.63, 3.8) is 0 Å². The van der Waals surface area contributed by atoms with Crippen molar-refractivity contribution in [2.45, 2.75) is 52.2 Å². The van der Waals surface area contributed by atoms with Crippen molar-refractivity contribution < 1.29 is 19.4 Å². The number of para-hydroxylation sites is 1. The Hall–Kier alpha value is -2.04. The van der Waals surface area contributed by atoms with Crippen LogP contribution in [0.3, 0.4) is 0 Å². The molecule has 0 aliphatic rings. The molecule has 0 unspecified atom stereocenters. The van der Waals surface area contributed by atoms with Gasteiger partial charge in [0.25, 0.3) is 0 Å². The Kier molecular flexibility index (Phi) is 7.69. The number of hydrogen-bond donors (Lipinski definition) is 1. The number of ether oxygens (including phenoxy) is 2. The van der Waals surface area contributed by atoms with E-state index in [0.29, 0.717) is 23.8 Å². The Labute approximate surface area is 166 Å². The number of rotatable bonds is 8. The zero-order valence-electron chi connectivity index (χ0n) is 16.1. The van der Waals surface area contributed by atoms with Gasteiger partial charge in [0.2, 0.25) is 0 Å². The van der Waals surface area contributed by atoms with E-state index in [1.54, 1.807) is 0 Å². The monoisotopic (exact) mass is 390 g/mol. The molecular weight excluding hydrogens is 364 g/mol. The quantitative estimate of drug-likeness (QED) is 0.662. The summed E-state index contributed by atoms with van der Waals surface area (Å²) in [4.78, 5) is 12.1. The minimum Gasteiger partial charge on any atom is -0.489 e. The zero-order valence-corrected chi connectivity index (χ0v) is 16.9. The summed E-state index contributed by atoms with van der Waals surface area (Å²) in [6.07, 6.45) is 1.61. The van der Waals surface area contributed by atoms with E-state index < -0.39 is 5.60 Å². The fourth-order valence-electron chi connectivity index (χ4n) is 2.71. The standard InChI is InChI=1S/C22H27ClO4/c1-22(2,3)27-21(25)14-18-8-4-5-9-20(18)26-15-17-11-16(7-6-10-24)12-19(23)13-17/h4-5,8-9,11-13,24H,6-7,10,14-15H2,1-3H3. The predicted molar refractivity (Wildman–Crippen MR) is 107 cm³/mol. The number of esters is 1. The lowest BCUT2D eigenvalue weighted by atomic mass is 10.1. The first-order valence-corrected chi connectivity index (χ1v) is 9.46. The normalized spacial score (nSPS) is 11.3. The van der Waals surface area contributed by atoms with Crippen LogP contribution in [0.15, 0.2) is 42.5 Å². The SMILES string of the molecule is CC(C)(C)OC(=O)Cc1ccccc1OCc1cc(Cl)cc(CCCO)c1. The molecule has 2 aromatic carbocycles. The lowest BCUT2D eigenvalue weighted by Gasteiger charge is -2.20. The van der Waals surface area contributed by atoms with Crippen LogP contribution in [0.2, 0.25) is 5.02 Å². The molecule has 2 rings (SSSR count). The van der Waals surface area contributed by atoms with Gasteiger partial charge >= 0.3 is 5.97 Å². The highest BCUT2D eigenvalue weighted by molar-refractivity contribution is 6.30. The molecule has 0 fully saturated rings. The maximum atomic E-state index is 12.1. The number of carbonyl (C=O) groups excluding carboxylic acids is 1. The van der Waals surface area contributed by atoms with E-state index in [4.69, 9.17) is 26.2 Å². The average molecular weight is 391 g/mol. The predicted octanol–water partition coefficient (Wildman–Crippen LogP) is 4.73. The topological polar surface area (TPSA) is 55.8 Å². The van der Waals surface area contributed by atoms with Gasteiger partial charge < -0.3 is 14.6 Å². The van der Waals surface area contributed by atoms with Crippen LogP contribution in [0.25, 0.3) is 0 Å². The lowest BCUT2D eigenvalue weighted by Crippen LogP contribution is -2.25. The van der Waals surface area contributed by atoms with Gasteiger partial charge in [-0.15, -0.1) is 0 Å². The van der Waals surface area contributed by atoms with E-state index in [1.807, 2.05) is 63.2 Å². The van der Waals surface area contributed by atoms with E-state index in [0.717, 1.165) is 23.1 Å². The highest BCUT2D eigenvalue weighted by Crippen LogP contribution is 2.23. The van der Waals surface area contributed by atoms with Gasteiger partial charge in [-0.2, -0.15) is 0 Å². The first kappa shape index (κ1) is 21.3. The van der Waals surface area contributed by atoms with Crippen molar-refractivity contribution in [2.75, 3.05) is 6.61 Å². The van der Waals surface area contributed by atoms with Crippen molar-refractivity contribution in [2.24, 2.45) is 0 Å². The average Bonchev–Trinajstić information content (AvgIpc) is 2.57. The van der Waals surface area contributed by atoms with Crippen molar-refractivity contribution >= 4 is 17.6 Å². The smallest absolute Gasteiger partial charge is 0.310 e. The number of aliphatic hydroxyl groups excluding tert-OH is 1. The van der Waals surface area contributed by atoms with Gasteiger partial charge in [-0.05, 0) is 62.9 Å². The van der Waals surface area contributed by atoms with Crippen LogP contribution >= 0.6 is 11.6 Å². The summed E-state index contributed by atoms with van der Waals surface area (Å²) in [5.41, 5.74) is 2.28. The first-order chi connectivity index (χ1) is 12.8. The molecule has 0 heterocycles. The van der Waals surface area contributed by atoms with Gasteiger partial charge in [-0.25, -0.2) is 0 Å². The number of hydrogen-bond acceptors (Lipinski definition) is 4. The molecule has 2 aromatic rings. The van der Waals surface area contributed by atoms with E-state index in [-0.39, 0.29) is 19.0 Å². The number of halogens is 1. The molecule has 0 aromatic heterocycles. The fraction of sp³-hybridized carbons (Fsp3) is 0.409. The Balaban J connectivity index is 2.06. The summed E-state index contributed by atoms with van der Waals surface area (Å²) in [5, 5.41) is 9.64. The molecule has 5 heteroatoms. The van der Waals surface area contributed by atoms with E-state index >= 15 is 0 Å². The first-order valence-electron chi connectivity index (χ1n) is 9.08. The molecule has 0 saturated carbocycles. The third kappa shape index (κ3) is 7.61. The van der Waals surface area contributed by atoms with Crippen LogP contribution in [0, 0.1) is 0 Å². The Morgan fingerprint density at radius 2 is 1.81 bits per heavy atom. The molecule has 146 valence electrons. The summed E-state index contributed by atoms with van der Waals surface area (Å²) in [6.45, 7) is 6.04. The second-order valence-corrected chi connectivity index (χ2v) is 7.89. The molecule has 1 N–H and O–H groups in total. The summed E-state index contributed by atoms with van der Waals surface area (Å²) in [5.74, 6) is 0.368. The molecule has 0 radical (unpaired) electrons. The zero-order chi connectivity index (χ0) is 19.9. The van der Waals surface area contributed by atoms with Gasteiger partial charge in [-0.3, -0.25) is 4.79 Å². The maximum absolute atomic E-state index is 12.1. The molecule has 0 bridgehead atoms. The molecule has 0 aliphatic heterocycles. The van der Waals surface area contributed by atoms with Crippen LogP contribution in [0.5, 0.6) is 5.75 Å². The van der Waals surface area contributed by atoms with Crippen LogP contribution in [0.1, 0.15) is 43.9 Å². The molecule has 0 amide bonds. The van der Waals surface area contributed by atoms with Crippen molar-refractivity contribution in [3.8, 4) is 5.75 Å². The highest BCUT2D eigenvalue weighted by Gasteiger charge is 2.18. The minimum atomic E-state index is -0.515. The summed E-state index contributed by atoms with van der Waals surface area (Å²) < 4.78 is 11.3. The number of benzene rings is 2. The molecule has 27 heavy (non-hydrogen) atoms. The van der Waals surface area contributed by atoms with Crippen LogP contribution in [0.4, 0.5) is 0 Å². The van der Waals surface area contributed by atoms with Gasteiger partial charge in [0.15, 0.2) is 0 Å². The Bertz CT molecular complexity index is 765. The van der Waals surface area contributed by atoms with E-state index in [9.17, 15) is 4.79 Å². The largest absolute Gasteiger partial charge is 0.489 e. The number of aliphatic hydroxyl groups is 1. The molecule has 0 saturated heterocycles. The minimum absolute atomic E-state index is 0.149. The molecule has 0 atom stereocenters. The number of aryl methyl sites for hydroxylation is 1. The third-order valence-electron chi connectivity index (χ3n) is 3.76. The van der Waals surface area contributed by atoms with Crippen molar-refractivity contribution in [1.82, 2.24) is 0 Å². The Morgan fingerprint density at radius 1 is 1.11 bits per heavy atom. The van der Waals surface area contributed by atoms with Crippen molar-refractivity contribution in [3.05, 3.63) is 64.2 Å². The Morgan fingerprint density at radius 3 is 2.52 bits per heavy atom. The van der Waals surface area contributed by atoms with Gasteiger partial charge in [0.05, 0.1) is 6.42 Å². The van der Waals surface area contributed by atoms with Crippen LogP contribution in [-0.4, -0.2) is 23.3 Å². The third-order valence-corrected chi connectivity index (χ3v) is 3.98. The molecule has 4 nitrogen and oxygen atoms in total. The van der Waals surface area contributed by atoms with E-state index in [1.165, 1.54) is 0 Å². The van der Waals surface area contributed by atoms with E-state index in [2.05, 4.69) is 0 Å². The van der Waals surface area contributed by atoms with Gasteiger partial charge in [0, 0.05) is 17.2 Å². The van der Waals surface area contributed by atoms with Crippen molar-refractivity contribution in [1.29, 1.82) is 0 Å². The highest BCUT2D eigenvalue weighted by atomic mass is 35.5. The maximum Gasteiger partial charge on any atom is 0.310 e.